The number of carbonyl (C=O) groups excluding carboxylic acids is 2. The predicted molar refractivity (Wildman–Crippen MR) is 118 cm³/mol. The van der Waals surface area contributed by atoms with Crippen LogP contribution in [0.3, 0.4) is 0 Å². The van der Waals surface area contributed by atoms with Gasteiger partial charge in [0, 0.05) is 18.9 Å². The number of carboxylic acid groups (broad SMARTS) is 1. The number of aliphatic carboxylic acids is 1. The molecule has 0 saturated carbocycles. The molecule has 32 heavy (non-hydrogen) atoms. The van der Waals surface area contributed by atoms with E-state index in [-0.39, 0.29) is 37.7 Å². The van der Waals surface area contributed by atoms with Gasteiger partial charge in [0.05, 0.1) is 18.8 Å². The molecule has 0 radical (unpaired) electrons. The van der Waals surface area contributed by atoms with Crippen molar-refractivity contribution in [1.29, 1.82) is 0 Å². The summed E-state index contributed by atoms with van der Waals surface area (Å²) in [5, 5.41) is 14.1. The topological polar surface area (TPSA) is 114 Å². The van der Waals surface area contributed by atoms with Crippen LogP contribution in [0.2, 0.25) is 0 Å². The van der Waals surface area contributed by atoms with Gasteiger partial charge in [-0.25, -0.2) is 4.79 Å². The van der Waals surface area contributed by atoms with E-state index in [0.717, 1.165) is 50.5 Å². The van der Waals surface area contributed by atoms with E-state index in [0.29, 0.717) is 18.4 Å². The van der Waals surface area contributed by atoms with Crippen molar-refractivity contribution >= 4 is 18.0 Å². The maximum absolute atomic E-state index is 12.2. The summed E-state index contributed by atoms with van der Waals surface area (Å²) in [6.45, 7) is 0.586. The van der Waals surface area contributed by atoms with E-state index in [2.05, 4.69) is 10.6 Å². The van der Waals surface area contributed by atoms with Crippen LogP contribution >= 0.6 is 0 Å². The van der Waals surface area contributed by atoms with Crippen LogP contribution in [0.4, 0.5) is 4.79 Å². The average Bonchev–Trinajstić information content (AvgIpc) is 3.39. The molecule has 2 fully saturated rings. The largest absolute Gasteiger partial charge is 0.481 e. The second kappa shape index (κ2) is 12.4. The van der Waals surface area contributed by atoms with Crippen molar-refractivity contribution in [1.82, 2.24) is 10.6 Å². The predicted octanol–water partition coefficient (Wildman–Crippen LogP) is 3.25. The molecule has 2 bridgehead atoms. The number of unbranched alkanes of at least 4 members (excludes halogenated alkanes) is 3. The van der Waals surface area contributed by atoms with E-state index in [1.54, 1.807) is 0 Å². The number of carbonyl (C=O) groups is 3. The number of hydrogen-bond acceptors (Lipinski definition) is 5. The molecule has 2 amide bonds. The van der Waals surface area contributed by atoms with Gasteiger partial charge in [-0.1, -0.05) is 49.6 Å². The molecule has 3 rings (SSSR count). The van der Waals surface area contributed by atoms with Crippen molar-refractivity contribution in [3.63, 3.8) is 0 Å². The maximum atomic E-state index is 12.2. The Hall–Kier alpha value is -2.61. The molecule has 4 atom stereocenters. The number of alkyl carbamates (subject to hydrolysis) is 1. The minimum Gasteiger partial charge on any atom is -0.481 e. The van der Waals surface area contributed by atoms with Crippen LogP contribution in [0, 0.1) is 11.8 Å². The van der Waals surface area contributed by atoms with E-state index >= 15 is 0 Å². The highest BCUT2D eigenvalue weighted by Gasteiger charge is 2.48. The fourth-order valence-corrected chi connectivity index (χ4v) is 4.78. The Morgan fingerprint density at radius 3 is 2.44 bits per heavy atom. The first-order valence-electron chi connectivity index (χ1n) is 11.6. The SMILES string of the molecule is O=C(O)CCCCCC[C@@H]1[C@H](CNC(=O)CNC(=O)OCc2ccccc2)[C@@H]2CC[C@H]1O2. The average molecular weight is 447 g/mol. The van der Waals surface area contributed by atoms with Gasteiger partial charge in [0.2, 0.25) is 5.91 Å². The summed E-state index contributed by atoms with van der Waals surface area (Å²) in [5.41, 5.74) is 0.885. The fraction of sp³-hybridized carbons (Fsp3) is 0.625. The molecular formula is C24H34N2O6. The molecule has 0 aromatic heterocycles. The standard InChI is InChI=1S/C24H34N2O6/c27-22(15-26-24(30)31-16-17-8-4-3-5-9-17)25-14-19-18(20-12-13-21(19)32-20)10-6-1-2-7-11-23(28)29/h3-5,8-9,18-21H,1-2,6-7,10-16H2,(H,25,27)(H,26,30)(H,28,29)/t18-,19+,20-,21+/m1/s1. The molecule has 2 aliphatic rings. The lowest BCUT2D eigenvalue weighted by Crippen LogP contribution is -2.42. The first kappa shape index (κ1) is 24.0. The zero-order valence-electron chi connectivity index (χ0n) is 18.5. The molecule has 2 aliphatic heterocycles. The van der Waals surface area contributed by atoms with Crippen LogP contribution < -0.4 is 10.6 Å². The number of rotatable bonds is 13. The van der Waals surface area contributed by atoms with Crippen molar-refractivity contribution < 1.29 is 29.0 Å². The Labute approximate surface area is 189 Å². The van der Waals surface area contributed by atoms with Crippen molar-refractivity contribution in [2.75, 3.05) is 13.1 Å². The highest BCUT2D eigenvalue weighted by molar-refractivity contribution is 5.82. The summed E-state index contributed by atoms with van der Waals surface area (Å²) in [4.78, 5) is 34.6. The Kier molecular flexibility index (Phi) is 9.34. The lowest BCUT2D eigenvalue weighted by atomic mass is 9.76. The van der Waals surface area contributed by atoms with Crippen LogP contribution in [0.15, 0.2) is 30.3 Å². The molecule has 2 saturated heterocycles. The number of hydrogen-bond donors (Lipinski definition) is 3. The van der Waals surface area contributed by atoms with E-state index in [9.17, 15) is 14.4 Å². The third kappa shape index (κ3) is 7.51. The molecule has 0 spiro atoms. The van der Waals surface area contributed by atoms with Gasteiger partial charge in [-0.3, -0.25) is 9.59 Å². The summed E-state index contributed by atoms with van der Waals surface area (Å²) in [6.07, 6.45) is 6.97. The smallest absolute Gasteiger partial charge is 0.407 e. The Morgan fingerprint density at radius 1 is 0.969 bits per heavy atom. The number of amides is 2. The molecule has 0 aliphatic carbocycles. The zero-order valence-corrected chi connectivity index (χ0v) is 18.5. The van der Waals surface area contributed by atoms with Crippen LogP contribution in [0.5, 0.6) is 0 Å². The van der Waals surface area contributed by atoms with Gasteiger partial charge in [-0.05, 0) is 37.2 Å². The zero-order chi connectivity index (χ0) is 22.8. The molecular weight excluding hydrogens is 412 g/mol. The number of nitrogens with one attached hydrogen (secondary N) is 2. The van der Waals surface area contributed by atoms with Gasteiger partial charge in [0.1, 0.15) is 6.61 Å². The van der Waals surface area contributed by atoms with E-state index in [1.807, 2.05) is 30.3 Å². The van der Waals surface area contributed by atoms with Crippen molar-refractivity contribution in [3.05, 3.63) is 35.9 Å². The summed E-state index contributed by atoms with van der Waals surface area (Å²) in [7, 11) is 0. The highest BCUT2D eigenvalue weighted by atomic mass is 16.5. The van der Waals surface area contributed by atoms with Crippen LogP contribution in [-0.4, -0.2) is 48.4 Å². The molecule has 2 heterocycles. The monoisotopic (exact) mass is 446 g/mol. The van der Waals surface area contributed by atoms with Crippen LogP contribution in [-0.2, 0) is 25.7 Å². The molecule has 8 heteroatoms. The molecule has 3 N–H and O–H groups in total. The second-order valence-corrected chi connectivity index (χ2v) is 8.68. The number of carboxylic acids is 1. The Bertz CT molecular complexity index is 756. The summed E-state index contributed by atoms with van der Waals surface area (Å²) in [6, 6.07) is 9.36. The lowest BCUT2D eigenvalue weighted by Gasteiger charge is -2.28. The molecule has 176 valence electrons. The van der Waals surface area contributed by atoms with Crippen LogP contribution in [0.1, 0.15) is 56.9 Å². The van der Waals surface area contributed by atoms with Gasteiger partial charge in [-0.15, -0.1) is 0 Å². The quantitative estimate of drug-likeness (QED) is 0.401. The van der Waals surface area contributed by atoms with E-state index < -0.39 is 12.1 Å². The van der Waals surface area contributed by atoms with E-state index in [1.165, 1.54) is 0 Å². The van der Waals surface area contributed by atoms with Gasteiger partial charge < -0.3 is 25.2 Å². The number of ether oxygens (including phenoxy) is 2. The van der Waals surface area contributed by atoms with E-state index in [4.69, 9.17) is 14.6 Å². The minimum atomic E-state index is -0.735. The third-order valence-corrected chi connectivity index (χ3v) is 6.41. The van der Waals surface area contributed by atoms with Crippen LogP contribution in [0.25, 0.3) is 0 Å². The number of fused-ring (bicyclic) bond motifs is 2. The number of benzene rings is 1. The normalized spacial score (nSPS) is 23.6. The summed E-state index contributed by atoms with van der Waals surface area (Å²) >= 11 is 0. The fourth-order valence-electron chi connectivity index (χ4n) is 4.78. The third-order valence-electron chi connectivity index (χ3n) is 6.41. The molecule has 8 nitrogen and oxygen atoms in total. The molecule has 1 aromatic rings. The highest BCUT2D eigenvalue weighted by Crippen LogP contribution is 2.45. The Balaban J connectivity index is 1.31. The molecule has 0 unspecified atom stereocenters. The van der Waals surface area contributed by atoms with Crippen molar-refractivity contribution in [3.8, 4) is 0 Å². The first-order valence-corrected chi connectivity index (χ1v) is 11.6. The van der Waals surface area contributed by atoms with Gasteiger partial charge in [-0.2, -0.15) is 0 Å². The van der Waals surface area contributed by atoms with Crippen molar-refractivity contribution in [2.45, 2.75) is 70.2 Å². The van der Waals surface area contributed by atoms with Gasteiger partial charge in [0.25, 0.3) is 0 Å². The lowest BCUT2D eigenvalue weighted by molar-refractivity contribution is -0.137. The van der Waals surface area contributed by atoms with Gasteiger partial charge in [0.15, 0.2) is 0 Å². The van der Waals surface area contributed by atoms with Gasteiger partial charge >= 0.3 is 12.1 Å². The minimum absolute atomic E-state index is 0.121. The Morgan fingerprint density at radius 2 is 1.69 bits per heavy atom. The first-order chi connectivity index (χ1) is 15.5. The van der Waals surface area contributed by atoms with Crippen molar-refractivity contribution in [2.24, 2.45) is 11.8 Å². The summed E-state index contributed by atoms with van der Waals surface area (Å²) in [5.74, 6) is -0.253. The summed E-state index contributed by atoms with van der Waals surface area (Å²) < 4.78 is 11.2. The second-order valence-electron chi connectivity index (χ2n) is 8.68. The molecule has 1 aromatic carbocycles. The maximum Gasteiger partial charge on any atom is 0.407 e.